The minimum Gasteiger partial charge on any atom is -0.315 e. The van der Waals surface area contributed by atoms with Crippen molar-refractivity contribution in [1.29, 1.82) is 5.26 Å². The van der Waals surface area contributed by atoms with E-state index in [1.807, 2.05) is 30.3 Å². The zero-order valence-corrected chi connectivity index (χ0v) is 18.8. The van der Waals surface area contributed by atoms with Crippen molar-refractivity contribution >= 4 is 28.4 Å². The molecular weight excluding hydrogens is 452 g/mol. The Hall–Kier alpha value is -3.99. The zero-order valence-electron chi connectivity index (χ0n) is 18.8. The molecule has 2 aromatic carbocycles. The van der Waals surface area contributed by atoms with Crippen LogP contribution in [0.1, 0.15) is 40.7 Å². The standard InChI is InChI=1S/C27H21F2N3O3/c28-27(29)15-32(25(27)14-30)26(35)8-7-24(34)21-9-10-31-23-6-4-19(13-22(21)23)16-1-2-18-12-20(33)5-3-17(18)11-16/h1-2,4,6,9-11,13,25H,3,5,7-8,12,15H2/t25-/m1/s1. The Labute approximate surface area is 200 Å². The van der Waals surface area contributed by atoms with Crippen molar-refractivity contribution in [3.63, 3.8) is 0 Å². The molecule has 1 aliphatic heterocycles. The molecular formula is C27H21F2N3O3. The van der Waals surface area contributed by atoms with E-state index in [2.05, 4.69) is 11.1 Å². The van der Waals surface area contributed by atoms with E-state index >= 15 is 0 Å². The lowest BCUT2D eigenvalue weighted by Crippen LogP contribution is -2.66. The number of amides is 1. The summed E-state index contributed by atoms with van der Waals surface area (Å²) in [6, 6.07) is 12.9. The first-order valence-electron chi connectivity index (χ1n) is 11.4. The van der Waals surface area contributed by atoms with Crippen LogP contribution in [0.3, 0.4) is 0 Å². The lowest BCUT2D eigenvalue weighted by molar-refractivity contribution is -0.181. The number of aryl methyl sites for hydroxylation is 1. The summed E-state index contributed by atoms with van der Waals surface area (Å²) in [5.74, 6) is -3.90. The third-order valence-corrected chi connectivity index (χ3v) is 6.74. The second-order valence-corrected chi connectivity index (χ2v) is 9.03. The van der Waals surface area contributed by atoms with Crippen LogP contribution < -0.4 is 0 Å². The van der Waals surface area contributed by atoms with Gasteiger partial charge in [-0.1, -0.05) is 24.3 Å². The molecule has 0 N–H and O–H groups in total. The summed E-state index contributed by atoms with van der Waals surface area (Å²) in [5.41, 5.74) is 5.09. The Bertz CT molecular complexity index is 1430. The molecule has 0 bridgehead atoms. The van der Waals surface area contributed by atoms with Gasteiger partial charge in [-0.3, -0.25) is 19.4 Å². The molecule has 1 amide bonds. The predicted molar refractivity (Wildman–Crippen MR) is 124 cm³/mol. The van der Waals surface area contributed by atoms with Gasteiger partial charge >= 0.3 is 0 Å². The second-order valence-electron chi connectivity index (χ2n) is 9.03. The van der Waals surface area contributed by atoms with Gasteiger partial charge < -0.3 is 4.90 Å². The maximum Gasteiger partial charge on any atom is 0.298 e. The van der Waals surface area contributed by atoms with Gasteiger partial charge in [0.2, 0.25) is 5.91 Å². The summed E-state index contributed by atoms with van der Waals surface area (Å²) in [5, 5.41) is 9.54. The molecule has 2 aliphatic rings. The number of alkyl halides is 2. The summed E-state index contributed by atoms with van der Waals surface area (Å²) >= 11 is 0. The van der Waals surface area contributed by atoms with E-state index < -0.39 is 24.4 Å². The number of carbonyl (C=O) groups is 3. The SMILES string of the molecule is N#C[C@H]1N(C(=O)CCC(=O)c2ccnc3ccc(-c4ccc5c(c4)CCC(=O)C5)cc23)CC1(F)F. The van der Waals surface area contributed by atoms with Gasteiger partial charge in [0, 0.05) is 42.8 Å². The highest BCUT2D eigenvalue weighted by atomic mass is 19.3. The van der Waals surface area contributed by atoms with Gasteiger partial charge in [0.05, 0.1) is 18.1 Å². The highest BCUT2D eigenvalue weighted by Crippen LogP contribution is 2.35. The Morgan fingerprint density at radius 2 is 1.83 bits per heavy atom. The first-order valence-corrected chi connectivity index (χ1v) is 11.4. The largest absolute Gasteiger partial charge is 0.315 e. The number of Topliss-reactive ketones (excluding diaryl/α,β-unsaturated/α-hetero) is 2. The molecule has 0 spiro atoms. The molecule has 0 saturated carbocycles. The minimum atomic E-state index is -3.21. The normalized spacial score (nSPS) is 18.5. The van der Waals surface area contributed by atoms with E-state index in [-0.39, 0.29) is 24.4 Å². The number of benzene rings is 2. The highest BCUT2D eigenvalue weighted by molar-refractivity contribution is 6.08. The molecule has 1 aromatic heterocycles. The Kier molecular flexibility index (Phi) is 5.64. The number of nitriles is 1. The van der Waals surface area contributed by atoms with Crippen molar-refractivity contribution in [1.82, 2.24) is 9.88 Å². The van der Waals surface area contributed by atoms with Gasteiger partial charge in [-0.15, -0.1) is 0 Å². The fourth-order valence-corrected chi connectivity index (χ4v) is 4.77. The molecule has 6 nitrogen and oxygen atoms in total. The van der Waals surface area contributed by atoms with E-state index in [9.17, 15) is 23.2 Å². The number of pyridine rings is 1. The second kappa shape index (κ2) is 8.66. The van der Waals surface area contributed by atoms with E-state index in [1.165, 1.54) is 12.3 Å². The van der Waals surface area contributed by atoms with Gasteiger partial charge in [-0.2, -0.15) is 5.26 Å². The smallest absolute Gasteiger partial charge is 0.298 e. The monoisotopic (exact) mass is 473 g/mol. The molecule has 5 rings (SSSR count). The lowest BCUT2D eigenvalue weighted by Gasteiger charge is -2.43. The number of ketones is 2. The molecule has 1 fully saturated rings. The molecule has 0 unspecified atom stereocenters. The number of hydrogen-bond acceptors (Lipinski definition) is 5. The van der Waals surface area contributed by atoms with Crippen molar-refractivity contribution in [3.05, 3.63) is 65.4 Å². The van der Waals surface area contributed by atoms with Gasteiger partial charge in [0.25, 0.3) is 5.92 Å². The average Bonchev–Trinajstić information content (AvgIpc) is 2.85. The summed E-state index contributed by atoms with van der Waals surface area (Å²) in [7, 11) is 0. The zero-order chi connectivity index (χ0) is 24.7. The van der Waals surface area contributed by atoms with Crippen LogP contribution in [0.2, 0.25) is 0 Å². The molecule has 176 valence electrons. The maximum atomic E-state index is 13.4. The molecule has 1 saturated heterocycles. The number of nitrogens with zero attached hydrogens (tertiary/aromatic N) is 3. The predicted octanol–water partition coefficient (Wildman–Crippen LogP) is 4.29. The van der Waals surface area contributed by atoms with Gasteiger partial charge in [0.15, 0.2) is 11.8 Å². The van der Waals surface area contributed by atoms with Crippen molar-refractivity contribution in [3.8, 4) is 17.2 Å². The third kappa shape index (κ3) is 4.18. The van der Waals surface area contributed by atoms with Crippen molar-refractivity contribution in [2.45, 2.75) is 44.1 Å². The van der Waals surface area contributed by atoms with Crippen LogP contribution in [0.25, 0.3) is 22.0 Å². The van der Waals surface area contributed by atoms with Crippen LogP contribution in [0.4, 0.5) is 8.78 Å². The fourth-order valence-electron chi connectivity index (χ4n) is 4.77. The van der Waals surface area contributed by atoms with Crippen LogP contribution >= 0.6 is 0 Å². The molecule has 1 aliphatic carbocycles. The molecule has 35 heavy (non-hydrogen) atoms. The van der Waals surface area contributed by atoms with E-state index in [0.717, 1.165) is 27.2 Å². The number of aromatic nitrogens is 1. The average molecular weight is 473 g/mol. The van der Waals surface area contributed by atoms with E-state index in [0.29, 0.717) is 35.7 Å². The number of fused-ring (bicyclic) bond motifs is 2. The number of likely N-dealkylation sites (tertiary alicyclic amines) is 1. The van der Waals surface area contributed by atoms with Crippen molar-refractivity contribution < 1.29 is 23.2 Å². The van der Waals surface area contributed by atoms with Gasteiger partial charge in [-0.05, 0) is 46.9 Å². The number of halogens is 2. The molecule has 8 heteroatoms. The Morgan fingerprint density at radius 1 is 1.06 bits per heavy atom. The summed E-state index contributed by atoms with van der Waals surface area (Å²) in [4.78, 5) is 42.2. The summed E-state index contributed by atoms with van der Waals surface area (Å²) in [6.45, 7) is -0.797. The van der Waals surface area contributed by atoms with E-state index in [1.54, 1.807) is 6.07 Å². The third-order valence-electron chi connectivity index (χ3n) is 6.74. The highest BCUT2D eigenvalue weighted by Gasteiger charge is 2.57. The van der Waals surface area contributed by atoms with Gasteiger partial charge in [-0.25, -0.2) is 8.78 Å². The Balaban J connectivity index is 1.37. The molecule has 0 radical (unpaired) electrons. The van der Waals surface area contributed by atoms with Crippen LogP contribution in [0.5, 0.6) is 0 Å². The fraction of sp³-hybridized carbons (Fsp3) is 0.296. The maximum absolute atomic E-state index is 13.4. The summed E-state index contributed by atoms with van der Waals surface area (Å²) < 4.78 is 26.9. The Morgan fingerprint density at radius 3 is 2.60 bits per heavy atom. The molecule has 3 aromatic rings. The minimum absolute atomic E-state index is 0.157. The number of carbonyl (C=O) groups excluding carboxylic acids is 3. The van der Waals surface area contributed by atoms with Crippen molar-refractivity contribution in [2.75, 3.05) is 6.54 Å². The van der Waals surface area contributed by atoms with Crippen LogP contribution in [-0.4, -0.2) is 45.9 Å². The number of hydrogen-bond donors (Lipinski definition) is 0. The first-order chi connectivity index (χ1) is 16.8. The lowest BCUT2D eigenvalue weighted by atomic mass is 9.88. The van der Waals surface area contributed by atoms with E-state index in [4.69, 9.17) is 5.26 Å². The first kappa shape index (κ1) is 22.8. The molecule has 1 atom stereocenters. The van der Waals surface area contributed by atoms with Gasteiger partial charge in [0.1, 0.15) is 5.78 Å². The quantitative estimate of drug-likeness (QED) is 0.516. The topological polar surface area (TPSA) is 91.1 Å². The van der Waals surface area contributed by atoms with Crippen LogP contribution in [0.15, 0.2) is 48.7 Å². The summed E-state index contributed by atoms with van der Waals surface area (Å²) in [6.07, 6.45) is 2.83. The molecule has 2 heterocycles. The van der Waals surface area contributed by atoms with Crippen LogP contribution in [-0.2, 0) is 22.4 Å². The van der Waals surface area contributed by atoms with Crippen LogP contribution in [0, 0.1) is 11.3 Å². The van der Waals surface area contributed by atoms with Crippen molar-refractivity contribution in [2.24, 2.45) is 0 Å². The number of rotatable bonds is 5.